The predicted octanol–water partition coefficient (Wildman–Crippen LogP) is 0.655. The quantitative estimate of drug-likeness (QED) is 0.682. The minimum absolute atomic E-state index is 0.0313. The SMILES string of the molecule is CCOC1CC(NC(=O)C(CC)CN)C1. The largest absolute Gasteiger partial charge is 0.378 e. The molecular weight excluding hydrogens is 192 g/mol. The second-order valence-electron chi connectivity index (χ2n) is 4.10. The van der Waals surface area contributed by atoms with Gasteiger partial charge in [-0.1, -0.05) is 6.92 Å². The van der Waals surface area contributed by atoms with Crippen molar-refractivity contribution in [3.8, 4) is 0 Å². The average Bonchev–Trinajstić information content (AvgIpc) is 2.16. The zero-order chi connectivity index (χ0) is 11.3. The number of nitrogens with two attached hydrogens (primary N) is 1. The Balaban J connectivity index is 2.18. The number of nitrogens with one attached hydrogen (secondary N) is 1. The van der Waals surface area contributed by atoms with Gasteiger partial charge in [0.15, 0.2) is 0 Å². The van der Waals surface area contributed by atoms with Gasteiger partial charge >= 0.3 is 0 Å². The molecule has 0 radical (unpaired) electrons. The van der Waals surface area contributed by atoms with Gasteiger partial charge < -0.3 is 15.8 Å². The van der Waals surface area contributed by atoms with Crippen LogP contribution in [0.4, 0.5) is 0 Å². The fourth-order valence-corrected chi connectivity index (χ4v) is 1.83. The van der Waals surface area contributed by atoms with E-state index in [0.717, 1.165) is 25.9 Å². The maximum Gasteiger partial charge on any atom is 0.224 e. The van der Waals surface area contributed by atoms with Crippen molar-refractivity contribution in [3.05, 3.63) is 0 Å². The van der Waals surface area contributed by atoms with Gasteiger partial charge in [-0.05, 0) is 26.2 Å². The van der Waals surface area contributed by atoms with E-state index in [2.05, 4.69) is 5.32 Å². The number of carbonyl (C=O) groups excluding carboxylic acids is 1. The van der Waals surface area contributed by atoms with Crippen LogP contribution in [0.15, 0.2) is 0 Å². The van der Waals surface area contributed by atoms with Crippen molar-refractivity contribution >= 4 is 5.91 Å². The summed E-state index contributed by atoms with van der Waals surface area (Å²) in [7, 11) is 0. The first-order valence-corrected chi connectivity index (χ1v) is 5.83. The van der Waals surface area contributed by atoms with Crippen molar-refractivity contribution in [2.24, 2.45) is 11.7 Å². The number of hydrogen-bond acceptors (Lipinski definition) is 3. The van der Waals surface area contributed by atoms with Gasteiger partial charge in [-0.2, -0.15) is 0 Å². The number of rotatable bonds is 6. The fraction of sp³-hybridized carbons (Fsp3) is 0.909. The molecule has 1 unspecified atom stereocenters. The van der Waals surface area contributed by atoms with E-state index in [9.17, 15) is 4.79 Å². The standard InChI is InChI=1S/C11H22N2O2/c1-3-8(7-12)11(14)13-9-5-10(6-9)15-4-2/h8-10H,3-7,12H2,1-2H3,(H,13,14). The van der Waals surface area contributed by atoms with Crippen molar-refractivity contribution in [3.63, 3.8) is 0 Å². The van der Waals surface area contributed by atoms with Gasteiger partial charge in [0.25, 0.3) is 0 Å². The highest BCUT2D eigenvalue weighted by molar-refractivity contribution is 5.79. The normalized spacial score (nSPS) is 26.9. The molecule has 1 fully saturated rings. The van der Waals surface area contributed by atoms with E-state index in [0.29, 0.717) is 18.7 Å². The molecule has 1 atom stereocenters. The molecule has 0 aromatic rings. The summed E-state index contributed by atoms with van der Waals surface area (Å²) in [5.74, 6) is 0.0658. The molecule has 3 N–H and O–H groups in total. The molecule has 1 saturated carbocycles. The van der Waals surface area contributed by atoms with Crippen LogP contribution >= 0.6 is 0 Å². The topological polar surface area (TPSA) is 64.3 Å². The van der Waals surface area contributed by atoms with Crippen LogP contribution in [-0.4, -0.2) is 31.2 Å². The Hall–Kier alpha value is -0.610. The van der Waals surface area contributed by atoms with Gasteiger partial charge in [-0.15, -0.1) is 0 Å². The zero-order valence-corrected chi connectivity index (χ0v) is 9.66. The summed E-state index contributed by atoms with van der Waals surface area (Å²) in [4.78, 5) is 11.6. The van der Waals surface area contributed by atoms with Crippen LogP contribution in [0, 0.1) is 5.92 Å². The number of amides is 1. The van der Waals surface area contributed by atoms with Gasteiger partial charge in [0.2, 0.25) is 5.91 Å². The van der Waals surface area contributed by atoms with E-state index in [1.807, 2.05) is 13.8 Å². The second kappa shape index (κ2) is 6.08. The van der Waals surface area contributed by atoms with Crippen LogP contribution in [0.1, 0.15) is 33.1 Å². The zero-order valence-electron chi connectivity index (χ0n) is 9.66. The lowest BCUT2D eigenvalue weighted by molar-refractivity contribution is -0.127. The molecule has 4 heteroatoms. The van der Waals surface area contributed by atoms with Crippen LogP contribution in [-0.2, 0) is 9.53 Å². The molecule has 1 aliphatic carbocycles. The Labute approximate surface area is 91.5 Å². The van der Waals surface area contributed by atoms with E-state index in [-0.39, 0.29) is 11.8 Å². The Morgan fingerprint density at radius 2 is 2.20 bits per heavy atom. The number of ether oxygens (including phenoxy) is 1. The van der Waals surface area contributed by atoms with Gasteiger partial charge in [-0.25, -0.2) is 0 Å². The molecule has 0 aliphatic heterocycles. The molecule has 0 aromatic carbocycles. The van der Waals surface area contributed by atoms with Gasteiger partial charge in [0.1, 0.15) is 0 Å². The van der Waals surface area contributed by atoms with Crippen molar-refractivity contribution in [1.82, 2.24) is 5.32 Å². The van der Waals surface area contributed by atoms with Crippen molar-refractivity contribution < 1.29 is 9.53 Å². The molecule has 1 rings (SSSR count). The van der Waals surface area contributed by atoms with Crippen LogP contribution in [0.5, 0.6) is 0 Å². The van der Waals surface area contributed by atoms with Gasteiger partial charge in [-0.3, -0.25) is 4.79 Å². The minimum Gasteiger partial charge on any atom is -0.378 e. The Bertz CT molecular complexity index is 199. The van der Waals surface area contributed by atoms with Crippen LogP contribution in [0.25, 0.3) is 0 Å². The third kappa shape index (κ3) is 3.47. The summed E-state index contributed by atoms with van der Waals surface area (Å²) < 4.78 is 5.43. The molecule has 4 nitrogen and oxygen atoms in total. The number of hydrogen-bond donors (Lipinski definition) is 2. The number of carbonyl (C=O) groups is 1. The third-order valence-corrected chi connectivity index (χ3v) is 2.99. The summed E-state index contributed by atoms with van der Waals surface area (Å²) in [6, 6.07) is 0.301. The molecule has 0 spiro atoms. The van der Waals surface area contributed by atoms with E-state index < -0.39 is 0 Å². The highest BCUT2D eigenvalue weighted by Gasteiger charge is 2.31. The molecule has 0 bridgehead atoms. The van der Waals surface area contributed by atoms with E-state index in [1.165, 1.54) is 0 Å². The third-order valence-electron chi connectivity index (χ3n) is 2.99. The first-order valence-electron chi connectivity index (χ1n) is 5.83. The lowest BCUT2D eigenvalue weighted by atomic mass is 9.88. The summed E-state index contributed by atoms with van der Waals surface area (Å²) in [5.41, 5.74) is 5.51. The van der Waals surface area contributed by atoms with E-state index >= 15 is 0 Å². The van der Waals surface area contributed by atoms with Gasteiger partial charge in [0.05, 0.1) is 6.10 Å². The molecule has 0 saturated heterocycles. The molecule has 1 aliphatic rings. The summed E-state index contributed by atoms with van der Waals surface area (Å²) in [5, 5.41) is 3.01. The lowest BCUT2D eigenvalue weighted by Gasteiger charge is -2.36. The minimum atomic E-state index is -0.0313. The average molecular weight is 214 g/mol. The predicted molar refractivity (Wildman–Crippen MR) is 59.4 cm³/mol. The molecule has 15 heavy (non-hydrogen) atoms. The summed E-state index contributed by atoms with van der Waals surface area (Å²) >= 11 is 0. The van der Waals surface area contributed by atoms with E-state index in [1.54, 1.807) is 0 Å². The molecule has 88 valence electrons. The molecular formula is C11H22N2O2. The highest BCUT2D eigenvalue weighted by Crippen LogP contribution is 2.23. The smallest absolute Gasteiger partial charge is 0.224 e. The van der Waals surface area contributed by atoms with Crippen molar-refractivity contribution in [1.29, 1.82) is 0 Å². The van der Waals surface area contributed by atoms with Crippen LogP contribution in [0.3, 0.4) is 0 Å². The Morgan fingerprint density at radius 3 is 2.67 bits per heavy atom. The van der Waals surface area contributed by atoms with Gasteiger partial charge in [0, 0.05) is 25.1 Å². The monoisotopic (exact) mass is 214 g/mol. The Morgan fingerprint density at radius 1 is 1.53 bits per heavy atom. The molecule has 0 aromatic heterocycles. The maximum atomic E-state index is 11.6. The van der Waals surface area contributed by atoms with Crippen molar-refractivity contribution in [2.75, 3.05) is 13.2 Å². The molecule has 1 amide bonds. The fourth-order valence-electron chi connectivity index (χ4n) is 1.83. The molecule has 0 heterocycles. The van der Waals surface area contributed by atoms with E-state index in [4.69, 9.17) is 10.5 Å². The highest BCUT2D eigenvalue weighted by atomic mass is 16.5. The second-order valence-corrected chi connectivity index (χ2v) is 4.10. The lowest BCUT2D eigenvalue weighted by Crippen LogP contribution is -2.50. The van der Waals surface area contributed by atoms with Crippen LogP contribution < -0.4 is 11.1 Å². The first kappa shape index (κ1) is 12.5. The van der Waals surface area contributed by atoms with Crippen molar-refractivity contribution in [2.45, 2.75) is 45.3 Å². The maximum absolute atomic E-state index is 11.6. The summed E-state index contributed by atoms with van der Waals surface area (Å²) in [6.45, 7) is 5.17. The van der Waals surface area contributed by atoms with Crippen LogP contribution in [0.2, 0.25) is 0 Å². The first-order chi connectivity index (χ1) is 7.21. The Kier molecular flexibility index (Phi) is 5.05. The summed E-state index contributed by atoms with van der Waals surface area (Å²) in [6.07, 6.45) is 3.05.